The Bertz CT molecular complexity index is 544. The standard InChI is InChI=1S/C12H11Br2N3O/c13-8-4-7(5-9(14)6-8)12-16-11(17-18-12)10-2-1-3-15-10/h4-6,10,15H,1-3H2. The van der Waals surface area contributed by atoms with Crippen LogP contribution in [0.1, 0.15) is 24.7 Å². The van der Waals surface area contributed by atoms with Gasteiger partial charge in [-0.15, -0.1) is 0 Å². The van der Waals surface area contributed by atoms with E-state index in [0.29, 0.717) is 5.89 Å². The molecular formula is C12H11Br2N3O. The highest BCUT2D eigenvalue weighted by molar-refractivity contribution is 9.11. The van der Waals surface area contributed by atoms with Crippen LogP contribution in [0, 0.1) is 0 Å². The normalized spacial score (nSPS) is 19.3. The predicted molar refractivity (Wildman–Crippen MR) is 75.1 cm³/mol. The maximum atomic E-state index is 5.33. The summed E-state index contributed by atoms with van der Waals surface area (Å²) in [5.41, 5.74) is 0.910. The van der Waals surface area contributed by atoms with Gasteiger partial charge < -0.3 is 9.84 Å². The molecule has 0 amide bonds. The molecule has 94 valence electrons. The van der Waals surface area contributed by atoms with Crippen LogP contribution in [0.5, 0.6) is 0 Å². The van der Waals surface area contributed by atoms with E-state index in [-0.39, 0.29) is 6.04 Å². The average Bonchev–Trinajstić information content (AvgIpc) is 2.99. The highest BCUT2D eigenvalue weighted by Crippen LogP contribution is 2.28. The molecule has 1 aromatic heterocycles. The van der Waals surface area contributed by atoms with Gasteiger partial charge in [0.25, 0.3) is 5.89 Å². The zero-order valence-corrected chi connectivity index (χ0v) is 12.7. The first-order valence-electron chi connectivity index (χ1n) is 5.76. The van der Waals surface area contributed by atoms with Crippen LogP contribution in [0.2, 0.25) is 0 Å². The quantitative estimate of drug-likeness (QED) is 0.873. The molecular weight excluding hydrogens is 362 g/mol. The summed E-state index contributed by atoms with van der Waals surface area (Å²) in [6.45, 7) is 1.02. The van der Waals surface area contributed by atoms with Crippen molar-refractivity contribution in [2.24, 2.45) is 0 Å². The number of benzene rings is 1. The largest absolute Gasteiger partial charge is 0.334 e. The molecule has 2 aromatic rings. The van der Waals surface area contributed by atoms with Gasteiger partial charge in [0.1, 0.15) is 0 Å². The molecule has 1 aliphatic heterocycles. The van der Waals surface area contributed by atoms with Gasteiger partial charge in [-0.2, -0.15) is 4.98 Å². The fraction of sp³-hybridized carbons (Fsp3) is 0.333. The molecule has 0 saturated carbocycles. The molecule has 4 nitrogen and oxygen atoms in total. The smallest absolute Gasteiger partial charge is 0.258 e. The Balaban J connectivity index is 1.92. The zero-order chi connectivity index (χ0) is 12.5. The Hall–Kier alpha value is -0.720. The Morgan fingerprint density at radius 1 is 1.22 bits per heavy atom. The topological polar surface area (TPSA) is 51.0 Å². The number of nitrogens with zero attached hydrogens (tertiary/aromatic N) is 2. The highest BCUT2D eigenvalue weighted by atomic mass is 79.9. The van der Waals surface area contributed by atoms with Crippen molar-refractivity contribution >= 4 is 31.9 Å². The molecule has 2 heterocycles. The lowest BCUT2D eigenvalue weighted by molar-refractivity contribution is 0.412. The fourth-order valence-electron chi connectivity index (χ4n) is 2.08. The molecule has 1 fully saturated rings. The van der Waals surface area contributed by atoms with Crippen LogP contribution in [-0.2, 0) is 0 Å². The second-order valence-corrected chi connectivity index (χ2v) is 6.10. The number of hydrogen-bond donors (Lipinski definition) is 1. The lowest BCUT2D eigenvalue weighted by Gasteiger charge is -2.01. The summed E-state index contributed by atoms with van der Waals surface area (Å²) in [4.78, 5) is 4.46. The molecule has 18 heavy (non-hydrogen) atoms. The third-order valence-electron chi connectivity index (χ3n) is 2.92. The van der Waals surface area contributed by atoms with E-state index in [1.165, 1.54) is 0 Å². The first kappa shape index (κ1) is 12.3. The minimum Gasteiger partial charge on any atom is -0.334 e. The Labute approximate surface area is 121 Å². The molecule has 1 saturated heterocycles. The van der Waals surface area contributed by atoms with Gasteiger partial charge in [0.15, 0.2) is 5.82 Å². The number of nitrogens with one attached hydrogen (secondary N) is 1. The summed E-state index contributed by atoms with van der Waals surface area (Å²) in [6, 6.07) is 6.13. The maximum Gasteiger partial charge on any atom is 0.258 e. The monoisotopic (exact) mass is 371 g/mol. The molecule has 0 bridgehead atoms. The van der Waals surface area contributed by atoms with Crippen molar-refractivity contribution < 1.29 is 4.52 Å². The van der Waals surface area contributed by atoms with Gasteiger partial charge in [0.2, 0.25) is 0 Å². The first-order valence-corrected chi connectivity index (χ1v) is 7.34. The molecule has 1 unspecified atom stereocenters. The first-order chi connectivity index (χ1) is 8.72. The molecule has 1 aromatic carbocycles. The van der Waals surface area contributed by atoms with Crippen LogP contribution < -0.4 is 5.32 Å². The molecule has 6 heteroatoms. The van der Waals surface area contributed by atoms with E-state index < -0.39 is 0 Å². The third kappa shape index (κ3) is 2.50. The second kappa shape index (κ2) is 5.11. The van der Waals surface area contributed by atoms with Crippen LogP contribution in [0.4, 0.5) is 0 Å². The van der Waals surface area contributed by atoms with E-state index in [1.807, 2.05) is 18.2 Å². The highest BCUT2D eigenvalue weighted by Gasteiger charge is 2.22. The number of rotatable bonds is 2. The Morgan fingerprint density at radius 3 is 2.67 bits per heavy atom. The molecule has 1 aliphatic rings. The van der Waals surface area contributed by atoms with Crippen molar-refractivity contribution in [2.45, 2.75) is 18.9 Å². The zero-order valence-electron chi connectivity index (χ0n) is 9.49. The van der Waals surface area contributed by atoms with E-state index >= 15 is 0 Å². The minimum atomic E-state index is 0.234. The van der Waals surface area contributed by atoms with Crippen molar-refractivity contribution in [1.29, 1.82) is 0 Å². The van der Waals surface area contributed by atoms with Crippen LogP contribution in [0.15, 0.2) is 31.7 Å². The SMILES string of the molecule is Brc1cc(Br)cc(-c2nc(C3CCCN3)no2)c1. The maximum absolute atomic E-state index is 5.33. The van der Waals surface area contributed by atoms with Crippen LogP contribution in [-0.4, -0.2) is 16.7 Å². The van der Waals surface area contributed by atoms with E-state index in [9.17, 15) is 0 Å². The van der Waals surface area contributed by atoms with Crippen molar-refractivity contribution in [3.05, 3.63) is 33.0 Å². The van der Waals surface area contributed by atoms with Crippen molar-refractivity contribution in [3.63, 3.8) is 0 Å². The van der Waals surface area contributed by atoms with Gasteiger partial charge in [-0.25, -0.2) is 0 Å². The van der Waals surface area contributed by atoms with Gasteiger partial charge in [-0.1, -0.05) is 37.0 Å². The van der Waals surface area contributed by atoms with Crippen molar-refractivity contribution in [2.75, 3.05) is 6.54 Å². The summed E-state index contributed by atoms with van der Waals surface area (Å²) in [7, 11) is 0. The average molecular weight is 373 g/mol. The lowest BCUT2D eigenvalue weighted by atomic mass is 10.2. The minimum absolute atomic E-state index is 0.234. The lowest BCUT2D eigenvalue weighted by Crippen LogP contribution is -2.14. The van der Waals surface area contributed by atoms with Crippen LogP contribution in [0.25, 0.3) is 11.5 Å². The van der Waals surface area contributed by atoms with Gasteiger partial charge in [-0.3, -0.25) is 0 Å². The fourth-order valence-corrected chi connectivity index (χ4v) is 3.37. The number of hydrogen-bond acceptors (Lipinski definition) is 4. The van der Waals surface area contributed by atoms with E-state index in [2.05, 4.69) is 47.3 Å². The molecule has 0 radical (unpaired) electrons. The summed E-state index contributed by atoms with van der Waals surface area (Å²) < 4.78 is 7.29. The van der Waals surface area contributed by atoms with Crippen molar-refractivity contribution in [3.8, 4) is 11.5 Å². The Morgan fingerprint density at radius 2 is 2.00 bits per heavy atom. The Kier molecular flexibility index (Phi) is 3.50. The van der Waals surface area contributed by atoms with E-state index in [0.717, 1.165) is 39.7 Å². The van der Waals surface area contributed by atoms with Gasteiger partial charge in [0.05, 0.1) is 6.04 Å². The van der Waals surface area contributed by atoms with Gasteiger partial charge in [-0.05, 0) is 37.6 Å². The van der Waals surface area contributed by atoms with E-state index in [1.54, 1.807) is 0 Å². The van der Waals surface area contributed by atoms with Gasteiger partial charge >= 0.3 is 0 Å². The molecule has 0 spiro atoms. The molecule has 1 N–H and O–H groups in total. The van der Waals surface area contributed by atoms with E-state index in [4.69, 9.17) is 4.52 Å². The summed E-state index contributed by atoms with van der Waals surface area (Å²) in [5, 5.41) is 7.41. The number of aromatic nitrogens is 2. The van der Waals surface area contributed by atoms with Crippen LogP contribution >= 0.6 is 31.9 Å². The summed E-state index contributed by atoms with van der Waals surface area (Å²) in [6.07, 6.45) is 2.23. The molecule has 3 rings (SSSR count). The van der Waals surface area contributed by atoms with Crippen LogP contribution in [0.3, 0.4) is 0 Å². The predicted octanol–water partition coefficient (Wildman–Crippen LogP) is 3.69. The molecule has 0 aliphatic carbocycles. The van der Waals surface area contributed by atoms with Crippen molar-refractivity contribution in [1.82, 2.24) is 15.5 Å². The second-order valence-electron chi connectivity index (χ2n) is 4.26. The van der Waals surface area contributed by atoms with Gasteiger partial charge in [0, 0.05) is 14.5 Å². The molecule has 1 atom stereocenters. The number of halogens is 2. The summed E-state index contributed by atoms with van der Waals surface area (Å²) in [5.74, 6) is 1.30. The summed E-state index contributed by atoms with van der Waals surface area (Å²) >= 11 is 6.90. The third-order valence-corrected chi connectivity index (χ3v) is 3.84.